The molecule has 96 valence electrons. The molecular formula is C16H17N3. The Morgan fingerprint density at radius 3 is 2.53 bits per heavy atom. The van der Waals surface area contributed by atoms with Crippen molar-refractivity contribution >= 4 is 17.1 Å². The molecule has 3 heteroatoms. The standard InChI is InChI=1S/C16H17N3/c1-11(2)14-5-3-4-6-16(14)19-15-8-7-13(18)9-12(15)10-17/h3-9,11,19H,18H2,1-2H3. The van der Waals surface area contributed by atoms with Crippen LogP contribution in [0.25, 0.3) is 0 Å². The van der Waals surface area contributed by atoms with Crippen LogP contribution in [0, 0.1) is 11.3 Å². The second-order valence-corrected chi connectivity index (χ2v) is 4.78. The van der Waals surface area contributed by atoms with Crippen molar-refractivity contribution in [3.8, 4) is 6.07 Å². The molecule has 3 nitrogen and oxygen atoms in total. The normalized spacial score (nSPS) is 10.2. The van der Waals surface area contributed by atoms with Crippen molar-refractivity contribution in [2.75, 3.05) is 11.1 Å². The first-order valence-corrected chi connectivity index (χ1v) is 6.27. The van der Waals surface area contributed by atoms with Gasteiger partial charge in [0.1, 0.15) is 6.07 Å². The van der Waals surface area contributed by atoms with E-state index >= 15 is 0 Å². The van der Waals surface area contributed by atoms with Crippen LogP contribution >= 0.6 is 0 Å². The van der Waals surface area contributed by atoms with Crippen molar-refractivity contribution in [3.05, 3.63) is 53.6 Å². The summed E-state index contributed by atoms with van der Waals surface area (Å²) in [5.74, 6) is 0.419. The molecular weight excluding hydrogens is 234 g/mol. The predicted octanol–water partition coefficient (Wildman–Crippen LogP) is 4.01. The van der Waals surface area contributed by atoms with Crippen molar-refractivity contribution in [3.63, 3.8) is 0 Å². The van der Waals surface area contributed by atoms with Crippen LogP contribution in [0.3, 0.4) is 0 Å². The number of nitrogens with one attached hydrogen (secondary N) is 1. The fraction of sp³-hybridized carbons (Fsp3) is 0.188. The summed E-state index contributed by atoms with van der Waals surface area (Å²) in [4.78, 5) is 0. The largest absolute Gasteiger partial charge is 0.399 e. The highest BCUT2D eigenvalue weighted by Gasteiger charge is 2.08. The first kappa shape index (κ1) is 13.0. The summed E-state index contributed by atoms with van der Waals surface area (Å²) in [6.45, 7) is 4.30. The Kier molecular flexibility index (Phi) is 3.72. The minimum Gasteiger partial charge on any atom is -0.399 e. The summed E-state index contributed by atoms with van der Waals surface area (Å²) >= 11 is 0. The van der Waals surface area contributed by atoms with E-state index in [0.29, 0.717) is 17.2 Å². The highest BCUT2D eigenvalue weighted by atomic mass is 14.9. The van der Waals surface area contributed by atoms with Gasteiger partial charge in [0, 0.05) is 11.4 Å². The first-order chi connectivity index (χ1) is 9.11. The van der Waals surface area contributed by atoms with E-state index in [1.807, 2.05) is 24.3 Å². The van der Waals surface area contributed by atoms with E-state index in [-0.39, 0.29) is 0 Å². The van der Waals surface area contributed by atoms with Gasteiger partial charge in [-0.3, -0.25) is 0 Å². The van der Waals surface area contributed by atoms with Gasteiger partial charge >= 0.3 is 0 Å². The first-order valence-electron chi connectivity index (χ1n) is 6.27. The van der Waals surface area contributed by atoms with Crippen molar-refractivity contribution in [2.45, 2.75) is 19.8 Å². The van der Waals surface area contributed by atoms with Crippen molar-refractivity contribution < 1.29 is 0 Å². The van der Waals surface area contributed by atoms with Gasteiger partial charge < -0.3 is 11.1 Å². The molecule has 2 aromatic rings. The average molecular weight is 251 g/mol. The minimum absolute atomic E-state index is 0.419. The predicted molar refractivity (Wildman–Crippen MR) is 79.4 cm³/mol. The van der Waals surface area contributed by atoms with Crippen LogP contribution < -0.4 is 11.1 Å². The molecule has 0 saturated carbocycles. The van der Waals surface area contributed by atoms with Gasteiger partial charge in [-0.05, 0) is 35.7 Å². The number of nitrogens with two attached hydrogens (primary N) is 1. The number of nitrogen functional groups attached to an aromatic ring is 1. The molecule has 3 N–H and O–H groups in total. The quantitative estimate of drug-likeness (QED) is 0.810. The van der Waals surface area contributed by atoms with E-state index in [1.165, 1.54) is 5.56 Å². The highest BCUT2D eigenvalue weighted by Crippen LogP contribution is 2.28. The number of hydrogen-bond acceptors (Lipinski definition) is 3. The number of nitrogens with zero attached hydrogens (tertiary/aromatic N) is 1. The van der Waals surface area contributed by atoms with Crippen LogP contribution in [0.2, 0.25) is 0 Å². The maximum absolute atomic E-state index is 9.15. The van der Waals surface area contributed by atoms with Gasteiger partial charge in [0.2, 0.25) is 0 Å². The second kappa shape index (κ2) is 5.45. The van der Waals surface area contributed by atoms with E-state index in [9.17, 15) is 0 Å². The van der Waals surface area contributed by atoms with Crippen molar-refractivity contribution in [2.24, 2.45) is 0 Å². The van der Waals surface area contributed by atoms with Gasteiger partial charge in [-0.1, -0.05) is 32.0 Å². The third-order valence-electron chi connectivity index (χ3n) is 3.02. The molecule has 0 fully saturated rings. The van der Waals surface area contributed by atoms with Crippen molar-refractivity contribution in [1.29, 1.82) is 5.26 Å². The van der Waals surface area contributed by atoms with Gasteiger partial charge in [-0.2, -0.15) is 5.26 Å². The molecule has 19 heavy (non-hydrogen) atoms. The average Bonchev–Trinajstić information content (AvgIpc) is 2.41. The summed E-state index contributed by atoms with van der Waals surface area (Å²) in [5.41, 5.74) is 9.88. The summed E-state index contributed by atoms with van der Waals surface area (Å²) in [6.07, 6.45) is 0. The third-order valence-corrected chi connectivity index (χ3v) is 3.02. The Labute approximate surface area is 113 Å². The monoisotopic (exact) mass is 251 g/mol. The summed E-state index contributed by atoms with van der Waals surface area (Å²) < 4.78 is 0. The highest BCUT2D eigenvalue weighted by molar-refractivity contribution is 5.71. The molecule has 0 heterocycles. The molecule has 0 aromatic heterocycles. The molecule has 0 aliphatic heterocycles. The lowest BCUT2D eigenvalue weighted by Crippen LogP contribution is -2.00. The molecule has 0 bridgehead atoms. The lowest BCUT2D eigenvalue weighted by Gasteiger charge is -2.15. The number of para-hydroxylation sites is 1. The zero-order valence-electron chi connectivity index (χ0n) is 11.1. The zero-order valence-corrected chi connectivity index (χ0v) is 11.1. The zero-order chi connectivity index (χ0) is 13.8. The fourth-order valence-corrected chi connectivity index (χ4v) is 2.02. The van der Waals surface area contributed by atoms with Crippen LogP contribution in [-0.4, -0.2) is 0 Å². The lowest BCUT2D eigenvalue weighted by atomic mass is 10.0. The molecule has 0 saturated heterocycles. The van der Waals surface area contributed by atoms with Gasteiger partial charge in [-0.25, -0.2) is 0 Å². The topological polar surface area (TPSA) is 61.8 Å². The summed E-state index contributed by atoms with van der Waals surface area (Å²) in [6, 6.07) is 15.6. The Morgan fingerprint density at radius 1 is 1.11 bits per heavy atom. The van der Waals surface area contributed by atoms with Gasteiger partial charge in [-0.15, -0.1) is 0 Å². The fourth-order valence-electron chi connectivity index (χ4n) is 2.02. The SMILES string of the molecule is CC(C)c1ccccc1Nc1ccc(N)cc1C#N. The molecule has 2 aromatic carbocycles. The molecule has 0 aliphatic rings. The second-order valence-electron chi connectivity index (χ2n) is 4.78. The van der Waals surface area contributed by atoms with Crippen LogP contribution in [0.1, 0.15) is 30.9 Å². The molecule has 0 spiro atoms. The lowest BCUT2D eigenvalue weighted by molar-refractivity contribution is 0.869. The number of hydrogen-bond donors (Lipinski definition) is 2. The smallest absolute Gasteiger partial charge is 0.101 e. The number of nitriles is 1. The Balaban J connectivity index is 2.40. The molecule has 0 amide bonds. The third kappa shape index (κ3) is 2.86. The molecule has 2 rings (SSSR count). The molecule has 0 aliphatic carbocycles. The van der Waals surface area contributed by atoms with E-state index < -0.39 is 0 Å². The number of benzene rings is 2. The summed E-state index contributed by atoms with van der Waals surface area (Å²) in [5, 5.41) is 12.5. The van der Waals surface area contributed by atoms with E-state index in [0.717, 1.165) is 11.4 Å². The van der Waals surface area contributed by atoms with Gasteiger partial charge in [0.25, 0.3) is 0 Å². The molecule has 0 unspecified atom stereocenters. The maximum atomic E-state index is 9.15. The van der Waals surface area contributed by atoms with E-state index in [2.05, 4.69) is 31.3 Å². The Bertz CT molecular complexity index is 624. The van der Waals surface area contributed by atoms with Crippen LogP contribution in [0.15, 0.2) is 42.5 Å². The Morgan fingerprint density at radius 2 is 1.84 bits per heavy atom. The molecule has 0 radical (unpaired) electrons. The maximum Gasteiger partial charge on any atom is 0.101 e. The van der Waals surface area contributed by atoms with Crippen molar-refractivity contribution in [1.82, 2.24) is 0 Å². The van der Waals surface area contributed by atoms with Crippen LogP contribution in [-0.2, 0) is 0 Å². The summed E-state index contributed by atoms with van der Waals surface area (Å²) in [7, 11) is 0. The van der Waals surface area contributed by atoms with E-state index in [4.69, 9.17) is 11.0 Å². The van der Waals surface area contributed by atoms with E-state index in [1.54, 1.807) is 12.1 Å². The molecule has 0 atom stereocenters. The number of rotatable bonds is 3. The van der Waals surface area contributed by atoms with Gasteiger partial charge in [0.05, 0.1) is 11.3 Å². The van der Waals surface area contributed by atoms with Gasteiger partial charge in [0.15, 0.2) is 0 Å². The number of anilines is 3. The van der Waals surface area contributed by atoms with Crippen LogP contribution in [0.4, 0.5) is 17.1 Å². The van der Waals surface area contributed by atoms with Crippen LogP contribution in [0.5, 0.6) is 0 Å². The minimum atomic E-state index is 0.419. The Hall–Kier alpha value is -2.47.